The second-order valence-corrected chi connectivity index (χ2v) is 7.79. The van der Waals surface area contributed by atoms with E-state index in [1.54, 1.807) is 24.3 Å². The lowest BCUT2D eigenvalue weighted by atomic mass is 10.0. The molecule has 1 heterocycles. The van der Waals surface area contributed by atoms with Crippen molar-refractivity contribution in [1.82, 2.24) is 4.90 Å². The van der Waals surface area contributed by atoms with Gasteiger partial charge >= 0.3 is 0 Å². The van der Waals surface area contributed by atoms with Gasteiger partial charge in [-0.1, -0.05) is 71.8 Å². The molecule has 0 unspecified atom stereocenters. The number of imide groups is 1. The van der Waals surface area contributed by atoms with Crippen molar-refractivity contribution < 1.29 is 9.59 Å². The molecule has 0 aromatic heterocycles. The van der Waals surface area contributed by atoms with Gasteiger partial charge in [-0.25, -0.2) is 4.90 Å². The lowest BCUT2D eigenvalue weighted by Crippen LogP contribution is -2.34. The fourth-order valence-electron chi connectivity index (χ4n) is 3.61. The van der Waals surface area contributed by atoms with Gasteiger partial charge < -0.3 is 4.90 Å². The zero-order chi connectivity index (χ0) is 21.3. The molecule has 0 saturated carbocycles. The number of likely N-dealkylation sites (N-methyl/N-ethyl adjacent to an activating group) is 1. The first kappa shape index (κ1) is 19.9. The van der Waals surface area contributed by atoms with E-state index < -0.39 is 0 Å². The van der Waals surface area contributed by atoms with Gasteiger partial charge in [0.25, 0.3) is 11.8 Å². The van der Waals surface area contributed by atoms with E-state index in [0.29, 0.717) is 28.5 Å². The SMILES string of the molecule is Cc1ccc(C2=C(N(C)Cc3ccccc3)C(=O)N(c3ccc(Cl)cc3)C2=O)cc1. The number of hydrogen-bond acceptors (Lipinski definition) is 3. The summed E-state index contributed by atoms with van der Waals surface area (Å²) in [5, 5.41) is 0.547. The average molecular weight is 417 g/mol. The van der Waals surface area contributed by atoms with Crippen molar-refractivity contribution >= 4 is 34.7 Å². The summed E-state index contributed by atoms with van der Waals surface area (Å²) in [7, 11) is 1.84. The molecule has 0 N–H and O–H groups in total. The summed E-state index contributed by atoms with van der Waals surface area (Å²) in [5.74, 6) is -0.669. The van der Waals surface area contributed by atoms with Crippen molar-refractivity contribution in [3.05, 3.63) is 106 Å². The van der Waals surface area contributed by atoms with E-state index in [2.05, 4.69) is 0 Å². The van der Waals surface area contributed by atoms with Crippen LogP contribution in [0, 0.1) is 6.92 Å². The van der Waals surface area contributed by atoms with E-state index in [1.165, 1.54) is 4.90 Å². The molecule has 0 aliphatic carbocycles. The predicted molar refractivity (Wildman–Crippen MR) is 120 cm³/mol. The third kappa shape index (κ3) is 3.74. The predicted octanol–water partition coefficient (Wildman–Crippen LogP) is 5.06. The molecule has 150 valence electrons. The number of benzene rings is 3. The first-order chi connectivity index (χ1) is 14.5. The Morgan fingerprint density at radius 3 is 2.10 bits per heavy atom. The van der Waals surface area contributed by atoms with Crippen molar-refractivity contribution in [2.45, 2.75) is 13.5 Å². The highest BCUT2D eigenvalue weighted by Gasteiger charge is 2.41. The zero-order valence-electron chi connectivity index (χ0n) is 16.8. The Balaban J connectivity index is 1.79. The van der Waals surface area contributed by atoms with Crippen LogP contribution in [0.5, 0.6) is 0 Å². The Labute approximate surface area is 181 Å². The summed E-state index contributed by atoms with van der Waals surface area (Å²) in [6, 6.07) is 24.3. The molecule has 3 aromatic carbocycles. The summed E-state index contributed by atoms with van der Waals surface area (Å²) >= 11 is 5.99. The summed E-state index contributed by atoms with van der Waals surface area (Å²) < 4.78 is 0. The topological polar surface area (TPSA) is 40.6 Å². The minimum absolute atomic E-state index is 0.332. The molecule has 1 aliphatic heterocycles. The van der Waals surface area contributed by atoms with Gasteiger partial charge in [0.05, 0.1) is 11.3 Å². The smallest absolute Gasteiger partial charge is 0.282 e. The highest BCUT2D eigenvalue weighted by molar-refractivity contribution is 6.45. The monoisotopic (exact) mass is 416 g/mol. The van der Waals surface area contributed by atoms with Gasteiger partial charge in [-0.2, -0.15) is 0 Å². The third-order valence-corrected chi connectivity index (χ3v) is 5.38. The number of rotatable bonds is 5. The number of hydrogen-bond donors (Lipinski definition) is 0. The molecule has 4 rings (SSSR count). The van der Waals surface area contributed by atoms with E-state index in [4.69, 9.17) is 11.6 Å². The maximum atomic E-state index is 13.5. The first-order valence-corrected chi connectivity index (χ1v) is 10.0. The second-order valence-electron chi connectivity index (χ2n) is 7.35. The summed E-state index contributed by atoms with van der Waals surface area (Å²) in [5.41, 5.74) is 4.18. The first-order valence-electron chi connectivity index (χ1n) is 9.66. The molecular weight excluding hydrogens is 396 g/mol. The van der Waals surface area contributed by atoms with Crippen molar-refractivity contribution in [2.24, 2.45) is 0 Å². The standard InChI is InChI=1S/C25H21ClN2O2/c1-17-8-10-19(11-9-17)22-23(27(2)16-18-6-4-3-5-7-18)25(30)28(24(22)29)21-14-12-20(26)13-15-21/h3-15H,16H2,1-2H3. The van der Waals surface area contributed by atoms with Crippen LogP contribution in [0.4, 0.5) is 5.69 Å². The van der Waals surface area contributed by atoms with E-state index in [9.17, 15) is 9.59 Å². The summed E-state index contributed by atoms with van der Waals surface area (Å²) in [6.07, 6.45) is 0. The van der Waals surface area contributed by atoms with Crippen molar-refractivity contribution in [1.29, 1.82) is 0 Å². The van der Waals surface area contributed by atoms with E-state index in [0.717, 1.165) is 16.7 Å². The highest BCUT2D eigenvalue weighted by Crippen LogP contribution is 2.35. The van der Waals surface area contributed by atoms with Crippen LogP contribution in [0.1, 0.15) is 16.7 Å². The molecule has 0 fully saturated rings. The lowest BCUT2D eigenvalue weighted by molar-refractivity contribution is -0.120. The fraction of sp³-hybridized carbons (Fsp3) is 0.120. The molecular formula is C25H21ClN2O2. The van der Waals surface area contributed by atoms with Crippen LogP contribution in [-0.2, 0) is 16.1 Å². The Morgan fingerprint density at radius 1 is 0.833 bits per heavy atom. The average Bonchev–Trinajstić information content (AvgIpc) is 3.00. The van der Waals surface area contributed by atoms with Gasteiger partial charge in [0.1, 0.15) is 5.70 Å². The number of carbonyl (C=O) groups is 2. The molecule has 3 aromatic rings. The van der Waals surface area contributed by atoms with E-state index >= 15 is 0 Å². The molecule has 0 bridgehead atoms. The van der Waals surface area contributed by atoms with E-state index in [-0.39, 0.29) is 11.8 Å². The Bertz CT molecular complexity index is 1120. The van der Waals surface area contributed by atoms with Gasteiger partial charge in [-0.3, -0.25) is 9.59 Å². The molecule has 0 saturated heterocycles. The van der Waals surface area contributed by atoms with Crippen LogP contribution in [0.3, 0.4) is 0 Å². The number of nitrogens with zero attached hydrogens (tertiary/aromatic N) is 2. The van der Waals surface area contributed by atoms with Crippen LogP contribution < -0.4 is 4.90 Å². The molecule has 0 radical (unpaired) electrons. The van der Waals surface area contributed by atoms with Crippen LogP contribution in [-0.4, -0.2) is 23.8 Å². The maximum absolute atomic E-state index is 13.5. The zero-order valence-corrected chi connectivity index (χ0v) is 17.6. The van der Waals surface area contributed by atoms with Gasteiger partial charge in [-0.05, 0) is 42.3 Å². The summed E-state index contributed by atoms with van der Waals surface area (Å²) in [6.45, 7) is 2.50. The number of amides is 2. The highest BCUT2D eigenvalue weighted by atomic mass is 35.5. The number of halogens is 1. The van der Waals surface area contributed by atoms with Crippen LogP contribution in [0.2, 0.25) is 5.02 Å². The molecule has 4 nitrogen and oxygen atoms in total. The number of carbonyl (C=O) groups excluding carboxylic acids is 2. The number of aryl methyl sites for hydroxylation is 1. The molecule has 5 heteroatoms. The molecule has 2 amide bonds. The van der Waals surface area contributed by atoms with Gasteiger partial charge in [0.2, 0.25) is 0 Å². The molecule has 1 aliphatic rings. The second kappa shape index (κ2) is 8.17. The molecule has 0 spiro atoms. The van der Waals surface area contributed by atoms with Gasteiger partial charge in [-0.15, -0.1) is 0 Å². The minimum atomic E-state index is -0.337. The Hall–Kier alpha value is -3.37. The van der Waals surface area contributed by atoms with Crippen LogP contribution in [0.25, 0.3) is 5.57 Å². The normalized spacial score (nSPS) is 13.9. The van der Waals surface area contributed by atoms with Crippen molar-refractivity contribution in [3.8, 4) is 0 Å². The van der Waals surface area contributed by atoms with E-state index in [1.807, 2.05) is 73.5 Å². The fourth-order valence-corrected chi connectivity index (χ4v) is 3.74. The van der Waals surface area contributed by atoms with Gasteiger partial charge in [0, 0.05) is 18.6 Å². The van der Waals surface area contributed by atoms with Crippen LogP contribution in [0.15, 0.2) is 84.6 Å². The third-order valence-electron chi connectivity index (χ3n) is 5.13. The Kier molecular flexibility index (Phi) is 5.42. The molecule has 30 heavy (non-hydrogen) atoms. The van der Waals surface area contributed by atoms with Crippen molar-refractivity contribution in [2.75, 3.05) is 11.9 Å². The number of anilines is 1. The quantitative estimate of drug-likeness (QED) is 0.545. The minimum Gasteiger partial charge on any atom is -0.365 e. The summed E-state index contributed by atoms with van der Waals surface area (Å²) in [4.78, 5) is 30.0. The maximum Gasteiger partial charge on any atom is 0.282 e. The largest absolute Gasteiger partial charge is 0.365 e. The van der Waals surface area contributed by atoms with Crippen LogP contribution >= 0.6 is 11.6 Å². The lowest BCUT2D eigenvalue weighted by Gasteiger charge is -2.21. The Morgan fingerprint density at radius 2 is 1.47 bits per heavy atom. The van der Waals surface area contributed by atoms with Gasteiger partial charge in [0.15, 0.2) is 0 Å². The molecule has 0 atom stereocenters. The van der Waals surface area contributed by atoms with Crippen molar-refractivity contribution in [3.63, 3.8) is 0 Å².